The Morgan fingerprint density at radius 3 is 2.71 bits per heavy atom. The van der Waals surface area contributed by atoms with Crippen LogP contribution in [0, 0.1) is 11.8 Å². The molecule has 2 aromatic heterocycles. The molecular weight excluding hydrogens is 308 g/mol. The van der Waals surface area contributed by atoms with Crippen molar-refractivity contribution >= 4 is 11.9 Å². The summed E-state index contributed by atoms with van der Waals surface area (Å²) in [4.78, 5) is 19.3. The van der Waals surface area contributed by atoms with Crippen molar-refractivity contribution in [2.45, 2.75) is 0 Å². The molecule has 0 aliphatic carbocycles. The van der Waals surface area contributed by atoms with Crippen LogP contribution in [0.5, 0.6) is 0 Å². The van der Waals surface area contributed by atoms with Crippen LogP contribution in [0.4, 0.5) is 11.9 Å². The van der Waals surface area contributed by atoms with Crippen LogP contribution in [0.3, 0.4) is 0 Å². The monoisotopic (exact) mass is 326 g/mol. The average Bonchev–Trinajstić information content (AvgIpc) is 2.63. The van der Waals surface area contributed by atoms with Crippen LogP contribution in [-0.2, 0) is 9.47 Å². The Hall–Kier alpha value is -2.76. The van der Waals surface area contributed by atoms with Gasteiger partial charge < -0.3 is 20.1 Å². The van der Waals surface area contributed by atoms with Crippen molar-refractivity contribution in [3.8, 4) is 23.1 Å². The first kappa shape index (κ1) is 16.1. The maximum Gasteiger partial charge on any atom is 0.227 e. The van der Waals surface area contributed by atoms with Gasteiger partial charge in [-0.25, -0.2) is 19.9 Å². The summed E-state index contributed by atoms with van der Waals surface area (Å²) in [6.07, 6.45) is 3.28. The summed E-state index contributed by atoms with van der Waals surface area (Å²) in [5.74, 6) is 6.75. The first-order valence-electron chi connectivity index (χ1n) is 7.54. The predicted octanol–water partition coefficient (Wildman–Crippen LogP) is 0.350. The van der Waals surface area contributed by atoms with Crippen LogP contribution in [0.2, 0.25) is 0 Å². The van der Waals surface area contributed by atoms with Crippen molar-refractivity contribution in [2.24, 2.45) is 0 Å². The number of nitrogens with zero attached hydrogens (tertiary/aromatic N) is 5. The fraction of sp³-hybridized carbons (Fsp3) is 0.375. The minimum atomic E-state index is 0.223. The van der Waals surface area contributed by atoms with Gasteiger partial charge in [-0.1, -0.05) is 5.92 Å². The number of nitrogens with two attached hydrogens (primary N) is 1. The number of morpholine rings is 1. The second-order valence-electron chi connectivity index (χ2n) is 5.10. The topological polar surface area (TPSA) is 99.3 Å². The smallest absolute Gasteiger partial charge is 0.227 e. The summed E-state index contributed by atoms with van der Waals surface area (Å²) >= 11 is 0. The van der Waals surface area contributed by atoms with Crippen molar-refractivity contribution in [2.75, 3.05) is 50.7 Å². The van der Waals surface area contributed by atoms with E-state index in [1.807, 2.05) is 6.07 Å². The number of ether oxygens (including phenoxy) is 2. The minimum Gasteiger partial charge on any atom is -0.378 e. The molecule has 3 heterocycles. The van der Waals surface area contributed by atoms with Crippen molar-refractivity contribution in [1.29, 1.82) is 0 Å². The van der Waals surface area contributed by atoms with Gasteiger partial charge in [0.1, 0.15) is 12.3 Å². The summed E-state index contributed by atoms with van der Waals surface area (Å²) in [6, 6.07) is 1.81. The maximum atomic E-state index is 5.55. The molecule has 1 fully saturated rings. The highest BCUT2D eigenvalue weighted by molar-refractivity contribution is 5.61. The molecule has 0 saturated carbocycles. The number of rotatable bonds is 3. The molecule has 0 aromatic carbocycles. The molecule has 2 aromatic rings. The maximum absolute atomic E-state index is 5.55. The van der Waals surface area contributed by atoms with Gasteiger partial charge in [-0.15, -0.1) is 0 Å². The largest absolute Gasteiger partial charge is 0.378 e. The fourth-order valence-corrected chi connectivity index (χ4v) is 2.22. The summed E-state index contributed by atoms with van der Waals surface area (Å²) in [6.45, 7) is 3.14. The van der Waals surface area contributed by atoms with E-state index in [2.05, 4.69) is 36.7 Å². The highest BCUT2D eigenvalue weighted by atomic mass is 16.5. The third-order valence-electron chi connectivity index (χ3n) is 3.41. The van der Waals surface area contributed by atoms with Crippen molar-refractivity contribution in [3.05, 3.63) is 24.2 Å². The number of methoxy groups -OCH3 is 1. The van der Waals surface area contributed by atoms with Gasteiger partial charge in [0.05, 0.1) is 18.9 Å². The van der Waals surface area contributed by atoms with Crippen LogP contribution in [-0.4, -0.2) is 60.0 Å². The number of nitrogen functional groups attached to an aromatic ring is 1. The third-order valence-corrected chi connectivity index (χ3v) is 3.41. The molecule has 1 aliphatic heterocycles. The van der Waals surface area contributed by atoms with Crippen LogP contribution >= 0.6 is 0 Å². The number of hydrogen-bond acceptors (Lipinski definition) is 8. The molecule has 0 amide bonds. The molecule has 0 unspecified atom stereocenters. The van der Waals surface area contributed by atoms with Crippen LogP contribution in [0.15, 0.2) is 18.5 Å². The molecule has 0 radical (unpaired) electrons. The third kappa shape index (κ3) is 3.95. The van der Waals surface area contributed by atoms with Crippen LogP contribution < -0.4 is 10.6 Å². The molecular formula is C16H18N6O2. The van der Waals surface area contributed by atoms with Crippen LogP contribution in [0.1, 0.15) is 5.69 Å². The van der Waals surface area contributed by atoms with E-state index < -0.39 is 0 Å². The van der Waals surface area contributed by atoms with E-state index in [4.69, 9.17) is 15.2 Å². The van der Waals surface area contributed by atoms with Gasteiger partial charge in [-0.2, -0.15) is 0 Å². The van der Waals surface area contributed by atoms with E-state index in [9.17, 15) is 0 Å². The van der Waals surface area contributed by atoms with E-state index in [1.165, 1.54) is 0 Å². The Morgan fingerprint density at radius 2 is 2.00 bits per heavy atom. The zero-order chi connectivity index (χ0) is 16.8. The van der Waals surface area contributed by atoms with E-state index in [0.717, 1.165) is 18.7 Å². The Balaban J connectivity index is 1.98. The average molecular weight is 326 g/mol. The van der Waals surface area contributed by atoms with Gasteiger partial charge in [-0.05, 0) is 12.0 Å². The molecule has 0 bridgehead atoms. The lowest BCUT2D eigenvalue weighted by atomic mass is 10.2. The zero-order valence-electron chi connectivity index (χ0n) is 13.4. The Labute approximate surface area is 140 Å². The van der Waals surface area contributed by atoms with Crippen molar-refractivity contribution in [1.82, 2.24) is 19.9 Å². The molecule has 1 aliphatic rings. The summed E-state index contributed by atoms with van der Waals surface area (Å²) in [7, 11) is 1.60. The molecule has 124 valence electrons. The molecule has 0 atom stereocenters. The molecule has 2 N–H and O–H groups in total. The fourth-order valence-electron chi connectivity index (χ4n) is 2.22. The summed E-state index contributed by atoms with van der Waals surface area (Å²) < 4.78 is 10.3. The SMILES string of the molecule is COCC#Cc1cc(-c2cnc(N)nc2)nc(N2CCOCC2)n1. The van der Waals surface area contributed by atoms with Crippen LogP contribution in [0.25, 0.3) is 11.3 Å². The first-order chi connectivity index (χ1) is 11.8. The van der Waals surface area contributed by atoms with E-state index in [0.29, 0.717) is 37.2 Å². The number of aromatic nitrogens is 4. The van der Waals surface area contributed by atoms with Gasteiger partial charge in [0, 0.05) is 38.2 Å². The molecule has 8 nitrogen and oxygen atoms in total. The normalized spacial score (nSPS) is 14.1. The molecule has 3 rings (SSSR count). The second-order valence-corrected chi connectivity index (χ2v) is 5.10. The van der Waals surface area contributed by atoms with E-state index >= 15 is 0 Å². The lowest BCUT2D eigenvalue weighted by Gasteiger charge is -2.27. The quantitative estimate of drug-likeness (QED) is 0.807. The van der Waals surface area contributed by atoms with E-state index in [-0.39, 0.29) is 5.95 Å². The number of anilines is 2. The summed E-state index contributed by atoms with van der Waals surface area (Å²) in [5.41, 5.74) is 7.63. The lowest BCUT2D eigenvalue weighted by molar-refractivity contribution is 0.122. The standard InChI is InChI=1S/C16H18N6O2/c1-23-6-2-3-13-9-14(12-10-18-15(17)19-11-12)21-16(20-13)22-4-7-24-8-5-22/h9-11H,4-8H2,1H3,(H2,17,18,19). The van der Waals surface area contributed by atoms with Gasteiger partial charge in [-0.3, -0.25) is 0 Å². The van der Waals surface area contributed by atoms with Gasteiger partial charge in [0.25, 0.3) is 0 Å². The van der Waals surface area contributed by atoms with Gasteiger partial charge in [0.15, 0.2) is 0 Å². The first-order valence-corrected chi connectivity index (χ1v) is 7.54. The van der Waals surface area contributed by atoms with E-state index in [1.54, 1.807) is 19.5 Å². The summed E-state index contributed by atoms with van der Waals surface area (Å²) in [5, 5.41) is 0. The Morgan fingerprint density at radius 1 is 1.25 bits per heavy atom. The molecule has 8 heteroatoms. The predicted molar refractivity (Wildman–Crippen MR) is 89.3 cm³/mol. The van der Waals surface area contributed by atoms with Crippen molar-refractivity contribution in [3.63, 3.8) is 0 Å². The highest BCUT2D eigenvalue weighted by Gasteiger charge is 2.16. The number of hydrogen-bond donors (Lipinski definition) is 1. The lowest BCUT2D eigenvalue weighted by Crippen LogP contribution is -2.37. The second kappa shape index (κ2) is 7.68. The van der Waals surface area contributed by atoms with Crippen molar-refractivity contribution < 1.29 is 9.47 Å². The Kier molecular flexibility index (Phi) is 5.15. The zero-order valence-corrected chi connectivity index (χ0v) is 13.4. The Bertz CT molecular complexity index is 747. The van der Waals surface area contributed by atoms with Gasteiger partial charge in [0.2, 0.25) is 11.9 Å². The minimum absolute atomic E-state index is 0.223. The van der Waals surface area contributed by atoms with Gasteiger partial charge >= 0.3 is 0 Å². The molecule has 1 saturated heterocycles. The molecule has 0 spiro atoms. The highest BCUT2D eigenvalue weighted by Crippen LogP contribution is 2.20. The molecule has 24 heavy (non-hydrogen) atoms.